The molecular formula is C7H7NO4. The second kappa shape index (κ2) is 3.08. The average molecular weight is 169 g/mol. The van der Waals surface area contributed by atoms with Crippen LogP contribution in [0.15, 0.2) is 16.9 Å². The zero-order valence-electron chi connectivity index (χ0n) is 6.07. The van der Waals surface area contributed by atoms with E-state index in [2.05, 4.69) is 4.98 Å². The maximum Gasteiger partial charge on any atom is 0.309 e. The third-order valence-electron chi connectivity index (χ3n) is 1.23. The highest BCUT2D eigenvalue weighted by Crippen LogP contribution is 2.05. The molecule has 0 radical (unpaired) electrons. The van der Waals surface area contributed by atoms with Gasteiger partial charge in [0.05, 0.1) is 6.42 Å². The predicted octanol–water partition coefficient (Wildman–Crippen LogP) is -0.292. The number of carboxylic acid groups (broad SMARTS) is 1. The summed E-state index contributed by atoms with van der Waals surface area (Å²) in [5, 5.41) is 17.2. The molecular weight excluding hydrogens is 162 g/mol. The van der Waals surface area contributed by atoms with E-state index < -0.39 is 11.5 Å². The number of rotatable bonds is 2. The molecule has 3 N–H and O–H groups in total. The quantitative estimate of drug-likeness (QED) is 0.567. The summed E-state index contributed by atoms with van der Waals surface area (Å²) < 4.78 is 0. The molecule has 0 atom stereocenters. The lowest BCUT2D eigenvalue weighted by molar-refractivity contribution is -0.136. The largest absolute Gasteiger partial charge is 0.508 e. The Morgan fingerprint density at radius 1 is 1.50 bits per heavy atom. The third kappa shape index (κ3) is 2.12. The fraction of sp³-hybridized carbons (Fsp3) is 0.143. The minimum Gasteiger partial charge on any atom is -0.508 e. The number of aromatic hydroxyl groups is 1. The van der Waals surface area contributed by atoms with Gasteiger partial charge in [0, 0.05) is 17.8 Å². The van der Waals surface area contributed by atoms with Gasteiger partial charge in [-0.15, -0.1) is 0 Å². The van der Waals surface area contributed by atoms with Crippen LogP contribution in [0.3, 0.4) is 0 Å². The maximum absolute atomic E-state index is 10.7. The van der Waals surface area contributed by atoms with Gasteiger partial charge < -0.3 is 15.2 Å². The fourth-order valence-electron chi connectivity index (χ4n) is 0.843. The van der Waals surface area contributed by atoms with Gasteiger partial charge in [0.1, 0.15) is 5.75 Å². The van der Waals surface area contributed by atoms with Crippen molar-refractivity contribution in [2.75, 3.05) is 0 Å². The van der Waals surface area contributed by atoms with E-state index in [-0.39, 0.29) is 17.9 Å². The number of aromatic nitrogens is 1. The lowest BCUT2D eigenvalue weighted by Crippen LogP contribution is -2.10. The Morgan fingerprint density at radius 3 is 2.67 bits per heavy atom. The van der Waals surface area contributed by atoms with Crippen molar-refractivity contribution in [1.82, 2.24) is 4.98 Å². The van der Waals surface area contributed by atoms with E-state index in [1.807, 2.05) is 0 Å². The molecule has 0 fully saturated rings. The smallest absolute Gasteiger partial charge is 0.309 e. The second-order valence-corrected chi connectivity index (χ2v) is 2.30. The number of nitrogens with one attached hydrogen (secondary N) is 1. The summed E-state index contributed by atoms with van der Waals surface area (Å²) >= 11 is 0. The number of pyridine rings is 1. The average Bonchev–Trinajstić information content (AvgIpc) is 1.81. The lowest BCUT2D eigenvalue weighted by Gasteiger charge is -1.96. The van der Waals surface area contributed by atoms with Crippen molar-refractivity contribution >= 4 is 5.97 Å². The molecule has 1 aromatic rings. The number of hydrogen-bond acceptors (Lipinski definition) is 3. The predicted molar refractivity (Wildman–Crippen MR) is 40.1 cm³/mol. The first-order chi connectivity index (χ1) is 5.58. The van der Waals surface area contributed by atoms with Gasteiger partial charge in [0.25, 0.3) is 5.56 Å². The van der Waals surface area contributed by atoms with Crippen LogP contribution in [-0.4, -0.2) is 21.2 Å². The molecule has 0 bridgehead atoms. The van der Waals surface area contributed by atoms with Gasteiger partial charge in [-0.1, -0.05) is 0 Å². The van der Waals surface area contributed by atoms with Crippen molar-refractivity contribution < 1.29 is 15.0 Å². The molecule has 1 heterocycles. The number of carbonyl (C=O) groups is 1. The SMILES string of the molecule is O=C(O)Cc1cc(O)cc(=O)[nH]1. The molecule has 5 nitrogen and oxygen atoms in total. The van der Waals surface area contributed by atoms with E-state index in [4.69, 9.17) is 10.2 Å². The summed E-state index contributed by atoms with van der Waals surface area (Å²) in [6, 6.07) is 2.18. The Morgan fingerprint density at radius 2 is 2.17 bits per heavy atom. The van der Waals surface area contributed by atoms with Crippen molar-refractivity contribution in [2.24, 2.45) is 0 Å². The van der Waals surface area contributed by atoms with Crippen LogP contribution in [0, 0.1) is 0 Å². The number of hydrogen-bond donors (Lipinski definition) is 3. The molecule has 0 aliphatic carbocycles. The molecule has 1 rings (SSSR count). The van der Waals surface area contributed by atoms with Gasteiger partial charge in [-0.2, -0.15) is 0 Å². The van der Waals surface area contributed by atoms with E-state index in [0.29, 0.717) is 0 Å². The van der Waals surface area contributed by atoms with Crippen LogP contribution in [0.5, 0.6) is 5.75 Å². The van der Waals surface area contributed by atoms with Crippen LogP contribution in [0.4, 0.5) is 0 Å². The molecule has 1 aromatic heterocycles. The molecule has 0 aromatic carbocycles. The zero-order chi connectivity index (χ0) is 9.14. The first-order valence-corrected chi connectivity index (χ1v) is 3.22. The summed E-state index contributed by atoms with van der Waals surface area (Å²) in [4.78, 5) is 23.2. The molecule has 64 valence electrons. The van der Waals surface area contributed by atoms with Gasteiger partial charge in [-0.25, -0.2) is 0 Å². The Bertz CT molecular complexity index is 355. The number of aromatic amines is 1. The molecule has 0 aliphatic rings. The number of aliphatic carboxylic acids is 1. The molecule has 0 amide bonds. The maximum atomic E-state index is 10.7. The van der Waals surface area contributed by atoms with Gasteiger partial charge in [0.15, 0.2) is 0 Å². The van der Waals surface area contributed by atoms with Crippen LogP contribution in [0.2, 0.25) is 0 Å². The van der Waals surface area contributed by atoms with E-state index in [1.54, 1.807) is 0 Å². The highest BCUT2D eigenvalue weighted by molar-refractivity contribution is 5.69. The second-order valence-electron chi connectivity index (χ2n) is 2.30. The molecule has 0 spiro atoms. The minimum absolute atomic E-state index is 0.188. The Labute approximate surface area is 67.3 Å². The standard InChI is InChI=1S/C7H7NO4/c9-5-1-4(2-7(11)12)8-6(10)3-5/h1,3H,2H2,(H,11,12)(H2,8,9,10). The molecule has 0 unspecified atom stereocenters. The van der Waals surface area contributed by atoms with Gasteiger partial charge >= 0.3 is 5.97 Å². The first-order valence-electron chi connectivity index (χ1n) is 3.22. The monoisotopic (exact) mass is 169 g/mol. The van der Waals surface area contributed by atoms with Gasteiger partial charge in [-0.3, -0.25) is 9.59 Å². The third-order valence-corrected chi connectivity index (χ3v) is 1.23. The van der Waals surface area contributed by atoms with Gasteiger partial charge in [0.2, 0.25) is 0 Å². The summed E-state index contributed by atoms with van der Waals surface area (Å²) in [7, 11) is 0. The van der Waals surface area contributed by atoms with Crippen molar-refractivity contribution in [1.29, 1.82) is 0 Å². The Balaban J connectivity index is 3.01. The van der Waals surface area contributed by atoms with E-state index in [1.165, 1.54) is 6.07 Å². The van der Waals surface area contributed by atoms with Crippen LogP contribution < -0.4 is 5.56 Å². The highest BCUT2D eigenvalue weighted by atomic mass is 16.4. The van der Waals surface area contributed by atoms with Crippen molar-refractivity contribution in [3.8, 4) is 5.75 Å². The molecule has 12 heavy (non-hydrogen) atoms. The summed E-state index contributed by atoms with van der Waals surface area (Å²) in [6.07, 6.45) is -0.302. The number of carboxylic acids is 1. The topological polar surface area (TPSA) is 90.4 Å². The summed E-state index contributed by atoms with van der Waals surface area (Å²) in [6.45, 7) is 0. The first kappa shape index (κ1) is 8.32. The lowest BCUT2D eigenvalue weighted by atomic mass is 10.2. The van der Waals surface area contributed by atoms with Gasteiger partial charge in [-0.05, 0) is 0 Å². The summed E-state index contributed by atoms with van der Waals surface area (Å²) in [5.74, 6) is -1.29. The molecule has 5 heteroatoms. The van der Waals surface area contributed by atoms with Crippen molar-refractivity contribution in [2.45, 2.75) is 6.42 Å². The van der Waals surface area contributed by atoms with Crippen molar-refractivity contribution in [3.05, 3.63) is 28.2 Å². The van der Waals surface area contributed by atoms with Crippen LogP contribution in [0.1, 0.15) is 5.69 Å². The normalized spacial score (nSPS) is 9.67. The summed E-state index contributed by atoms with van der Waals surface area (Å²) in [5.41, 5.74) is -0.321. The van der Waals surface area contributed by atoms with E-state index in [9.17, 15) is 9.59 Å². The van der Waals surface area contributed by atoms with E-state index >= 15 is 0 Å². The highest BCUT2D eigenvalue weighted by Gasteiger charge is 2.02. The van der Waals surface area contributed by atoms with Crippen LogP contribution in [0.25, 0.3) is 0 Å². The van der Waals surface area contributed by atoms with Crippen LogP contribution >= 0.6 is 0 Å². The molecule has 0 saturated heterocycles. The Hall–Kier alpha value is -1.78. The Kier molecular flexibility index (Phi) is 2.14. The van der Waals surface area contributed by atoms with E-state index in [0.717, 1.165) is 6.07 Å². The number of H-pyrrole nitrogens is 1. The zero-order valence-corrected chi connectivity index (χ0v) is 6.07. The molecule has 0 saturated carbocycles. The van der Waals surface area contributed by atoms with Crippen LogP contribution in [-0.2, 0) is 11.2 Å². The minimum atomic E-state index is -1.06. The van der Waals surface area contributed by atoms with Crippen molar-refractivity contribution in [3.63, 3.8) is 0 Å². The molecule has 0 aliphatic heterocycles. The fourth-order valence-corrected chi connectivity index (χ4v) is 0.843.